The third-order valence-electron chi connectivity index (χ3n) is 4.99. The zero-order chi connectivity index (χ0) is 20.8. The summed E-state index contributed by atoms with van der Waals surface area (Å²) in [5, 5.41) is 0.908. The number of nitrogens with one attached hydrogen (secondary N) is 2. The van der Waals surface area contributed by atoms with E-state index in [1.165, 1.54) is 64.5 Å². The summed E-state index contributed by atoms with van der Waals surface area (Å²) >= 11 is 1.56. The minimum absolute atomic E-state index is 0.710. The molecule has 0 aliphatic heterocycles. The van der Waals surface area contributed by atoms with Gasteiger partial charge < -0.3 is 19.5 Å². The maximum Gasteiger partial charge on any atom is 0.180 e. The van der Waals surface area contributed by atoms with Gasteiger partial charge in [0.1, 0.15) is 12.6 Å². The fourth-order valence-electron chi connectivity index (χ4n) is 3.32. The summed E-state index contributed by atoms with van der Waals surface area (Å²) in [4.78, 5) is 30.6. The highest BCUT2D eigenvalue weighted by molar-refractivity contribution is 7.97. The number of carbonyl (C=O) groups is 2. The monoisotopic (exact) mass is 424 g/mol. The Hall–Kier alpha value is -1.18. The van der Waals surface area contributed by atoms with Gasteiger partial charge in [-0.1, -0.05) is 38.5 Å². The molecule has 0 saturated heterocycles. The highest BCUT2D eigenvalue weighted by Gasteiger charge is 2.05. The first-order valence-electron chi connectivity index (χ1n) is 11.4. The second-order valence-corrected chi connectivity index (χ2v) is 8.41. The first-order valence-corrected chi connectivity index (χ1v) is 12.2. The van der Waals surface area contributed by atoms with Gasteiger partial charge in [-0.25, -0.2) is 4.98 Å². The Morgan fingerprint density at radius 2 is 1.38 bits per heavy atom. The normalized spacial score (nSPS) is 11.2. The molecule has 2 N–H and O–H groups in total. The second-order valence-electron chi connectivity index (χ2n) is 7.53. The summed E-state index contributed by atoms with van der Waals surface area (Å²) in [7, 11) is 0. The molecule has 0 aromatic carbocycles. The smallest absolute Gasteiger partial charge is 0.180 e. The van der Waals surface area contributed by atoms with Crippen LogP contribution in [0.3, 0.4) is 0 Å². The number of unbranched alkanes of at least 4 members (excludes halogenated alkanes) is 10. The van der Waals surface area contributed by atoms with Crippen molar-refractivity contribution in [3.8, 4) is 0 Å². The largest absolute Gasteiger partial charge is 0.339 e. The SMILES string of the molecule is O=CCCCCCCCN(CCCCCCCC=O)CCCNSc1ncc[nH]1. The Balaban J connectivity index is 2.13. The average Bonchev–Trinajstić information content (AvgIpc) is 3.25. The zero-order valence-electron chi connectivity index (χ0n) is 17.9. The quantitative estimate of drug-likeness (QED) is 0.158. The molecule has 0 fully saturated rings. The molecule has 166 valence electrons. The fourth-order valence-corrected chi connectivity index (χ4v) is 3.95. The molecular weight excluding hydrogens is 384 g/mol. The van der Waals surface area contributed by atoms with E-state index in [1.807, 2.05) is 6.20 Å². The Bertz CT molecular complexity index is 463. The Morgan fingerprint density at radius 1 is 0.828 bits per heavy atom. The van der Waals surface area contributed by atoms with Crippen LogP contribution in [0.25, 0.3) is 0 Å². The van der Waals surface area contributed by atoms with Crippen molar-refractivity contribution in [1.29, 1.82) is 0 Å². The van der Waals surface area contributed by atoms with Crippen LogP contribution < -0.4 is 4.72 Å². The minimum Gasteiger partial charge on any atom is -0.339 e. The molecule has 0 bridgehead atoms. The Kier molecular flexibility index (Phi) is 17.9. The van der Waals surface area contributed by atoms with Crippen LogP contribution in [0.2, 0.25) is 0 Å². The molecule has 6 nitrogen and oxygen atoms in total. The number of nitrogens with zero attached hydrogens (tertiary/aromatic N) is 2. The molecule has 0 saturated carbocycles. The molecule has 0 aliphatic rings. The number of aldehydes is 2. The van der Waals surface area contributed by atoms with Crippen molar-refractivity contribution in [3.63, 3.8) is 0 Å². The van der Waals surface area contributed by atoms with Crippen molar-refractivity contribution in [2.75, 3.05) is 26.2 Å². The Morgan fingerprint density at radius 3 is 1.93 bits per heavy atom. The Labute approximate surface area is 181 Å². The van der Waals surface area contributed by atoms with E-state index in [4.69, 9.17) is 0 Å². The zero-order valence-corrected chi connectivity index (χ0v) is 18.8. The number of aromatic nitrogens is 2. The summed E-state index contributed by atoms with van der Waals surface area (Å²) < 4.78 is 3.37. The van der Waals surface area contributed by atoms with Gasteiger partial charge >= 0.3 is 0 Å². The molecule has 29 heavy (non-hydrogen) atoms. The van der Waals surface area contributed by atoms with E-state index >= 15 is 0 Å². The fraction of sp³-hybridized carbons (Fsp3) is 0.773. The predicted molar refractivity (Wildman–Crippen MR) is 121 cm³/mol. The third kappa shape index (κ3) is 16.3. The lowest BCUT2D eigenvalue weighted by molar-refractivity contribution is -0.108. The van der Waals surface area contributed by atoms with E-state index < -0.39 is 0 Å². The average molecular weight is 425 g/mol. The van der Waals surface area contributed by atoms with Gasteiger partial charge in [-0.15, -0.1) is 0 Å². The number of aromatic amines is 1. The summed E-state index contributed by atoms with van der Waals surface area (Å²) in [5.74, 6) is 0. The van der Waals surface area contributed by atoms with Gasteiger partial charge in [0.2, 0.25) is 0 Å². The molecule has 1 aromatic rings. The van der Waals surface area contributed by atoms with Crippen LogP contribution in [0.15, 0.2) is 17.6 Å². The molecule has 1 rings (SSSR count). The highest BCUT2D eigenvalue weighted by atomic mass is 32.2. The van der Waals surface area contributed by atoms with Gasteiger partial charge in [0.15, 0.2) is 5.16 Å². The molecule has 1 heterocycles. The number of hydrogen-bond donors (Lipinski definition) is 2. The van der Waals surface area contributed by atoms with Crippen molar-refractivity contribution < 1.29 is 9.59 Å². The first-order chi connectivity index (χ1) is 14.4. The molecule has 1 aromatic heterocycles. The van der Waals surface area contributed by atoms with Crippen molar-refractivity contribution in [2.24, 2.45) is 0 Å². The highest BCUT2D eigenvalue weighted by Crippen LogP contribution is 2.10. The lowest BCUT2D eigenvalue weighted by Crippen LogP contribution is -2.29. The molecular formula is C22H40N4O2S. The molecule has 0 atom stereocenters. The van der Waals surface area contributed by atoms with E-state index in [0.717, 1.165) is 50.1 Å². The van der Waals surface area contributed by atoms with E-state index in [2.05, 4.69) is 19.6 Å². The van der Waals surface area contributed by atoms with Gasteiger partial charge in [0.05, 0.1) is 0 Å². The van der Waals surface area contributed by atoms with E-state index in [-0.39, 0.29) is 0 Å². The number of H-pyrrole nitrogens is 1. The van der Waals surface area contributed by atoms with Crippen LogP contribution in [0.1, 0.15) is 83.5 Å². The number of hydrogen-bond acceptors (Lipinski definition) is 6. The van der Waals surface area contributed by atoms with Crippen molar-refractivity contribution in [1.82, 2.24) is 19.6 Å². The molecule has 7 heteroatoms. The number of rotatable bonds is 22. The van der Waals surface area contributed by atoms with Crippen molar-refractivity contribution >= 4 is 24.5 Å². The van der Waals surface area contributed by atoms with Gasteiger partial charge in [0, 0.05) is 31.8 Å². The van der Waals surface area contributed by atoms with Crippen LogP contribution >= 0.6 is 11.9 Å². The maximum atomic E-state index is 10.4. The van der Waals surface area contributed by atoms with Crippen LogP contribution in [0, 0.1) is 0 Å². The molecule has 0 amide bonds. The lowest BCUT2D eigenvalue weighted by atomic mass is 10.1. The van der Waals surface area contributed by atoms with Crippen LogP contribution in [0.5, 0.6) is 0 Å². The topological polar surface area (TPSA) is 78.1 Å². The predicted octanol–water partition coefficient (Wildman–Crippen LogP) is 4.78. The number of imidazole rings is 1. The van der Waals surface area contributed by atoms with Gasteiger partial charge in [-0.05, 0) is 63.7 Å². The van der Waals surface area contributed by atoms with E-state index in [1.54, 1.807) is 18.1 Å². The van der Waals surface area contributed by atoms with E-state index in [0.29, 0.717) is 12.8 Å². The van der Waals surface area contributed by atoms with Crippen molar-refractivity contribution in [2.45, 2.75) is 88.6 Å². The van der Waals surface area contributed by atoms with Crippen LogP contribution in [0.4, 0.5) is 0 Å². The molecule has 0 aliphatic carbocycles. The van der Waals surface area contributed by atoms with E-state index in [9.17, 15) is 9.59 Å². The maximum absolute atomic E-state index is 10.4. The number of carbonyl (C=O) groups excluding carboxylic acids is 2. The summed E-state index contributed by atoms with van der Waals surface area (Å²) in [5.41, 5.74) is 0. The van der Waals surface area contributed by atoms with Gasteiger partial charge in [-0.3, -0.25) is 4.72 Å². The third-order valence-corrected chi connectivity index (χ3v) is 5.75. The van der Waals surface area contributed by atoms with Gasteiger partial charge in [0.25, 0.3) is 0 Å². The first kappa shape index (κ1) is 25.9. The second kappa shape index (κ2) is 20.1. The summed E-state index contributed by atoms with van der Waals surface area (Å²) in [6, 6.07) is 0. The lowest BCUT2D eigenvalue weighted by Gasteiger charge is -2.22. The summed E-state index contributed by atoms with van der Waals surface area (Å²) in [6.45, 7) is 4.44. The molecule has 0 unspecified atom stereocenters. The minimum atomic E-state index is 0.710. The van der Waals surface area contributed by atoms with Gasteiger partial charge in [-0.2, -0.15) is 0 Å². The summed E-state index contributed by atoms with van der Waals surface area (Å²) in [6.07, 6.45) is 20.1. The van der Waals surface area contributed by atoms with Crippen molar-refractivity contribution in [3.05, 3.63) is 12.4 Å². The molecule has 0 spiro atoms. The standard InChI is InChI=1S/C22H40N4O2S/c27-20-11-7-3-1-5-9-17-26(18-10-6-2-4-8-12-21-28)19-13-14-25-29-22-23-15-16-24-22/h15-16,20-21,25H,1-14,17-19H2,(H,23,24). The molecule has 0 radical (unpaired) electrons. The van der Waals surface area contributed by atoms with Crippen LogP contribution in [-0.4, -0.2) is 53.6 Å². The van der Waals surface area contributed by atoms with Crippen LogP contribution in [-0.2, 0) is 9.59 Å².